The molecule has 0 aliphatic heterocycles. The minimum Gasteiger partial charge on any atom is -0.481 e. The molecule has 5 nitrogen and oxygen atoms in total. The highest BCUT2D eigenvalue weighted by Crippen LogP contribution is 2.12. The summed E-state index contributed by atoms with van der Waals surface area (Å²) in [5.41, 5.74) is 1.23. The van der Waals surface area contributed by atoms with Gasteiger partial charge in [0.25, 0.3) is 0 Å². The fourth-order valence-electron chi connectivity index (χ4n) is 1.79. The maximum absolute atomic E-state index is 5.35. The lowest BCUT2D eigenvalue weighted by Crippen LogP contribution is -2.38. The molecular formula is C17H25N3O2. The summed E-state index contributed by atoms with van der Waals surface area (Å²) < 4.78 is 10.3. The van der Waals surface area contributed by atoms with E-state index in [9.17, 15) is 0 Å². The third-order valence-electron chi connectivity index (χ3n) is 2.86. The molecule has 0 radical (unpaired) electrons. The summed E-state index contributed by atoms with van der Waals surface area (Å²) in [7, 11) is 1.67. The Morgan fingerprint density at radius 2 is 2.05 bits per heavy atom. The second kappa shape index (κ2) is 11.5. The number of guanidine groups is 1. The number of methoxy groups -OCH3 is 1. The first-order valence-electron chi connectivity index (χ1n) is 7.46. The number of rotatable bonds is 9. The van der Waals surface area contributed by atoms with Crippen molar-refractivity contribution in [1.82, 2.24) is 10.6 Å². The van der Waals surface area contributed by atoms with Crippen LogP contribution in [0.3, 0.4) is 0 Å². The lowest BCUT2D eigenvalue weighted by atomic mass is 10.1. The number of terminal acetylenes is 1. The zero-order valence-corrected chi connectivity index (χ0v) is 13.4. The maximum atomic E-state index is 5.35. The fraction of sp³-hybridized carbons (Fsp3) is 0.471. The summed E-state index contributed by atoms with van der Waals surface area (Å²) in [6, 6.07) is 7.96. The smallest absolute Gasteiger partial charge is 0.191 e. The van der Waals surface area contributed by atoms with E-state index in [0.717, 1.165) is 31.2 Å². The van der Waals surface area contributed by atoms with Gasteiger partial charge in [-0.05, 0) is 31.0 Å². The van der Waals surface area contributed by atoms with Gasteiger partial charge in [0.15, 0.2) is 5.96 Å². The van der Waals surface area contributed by atoms with Crippen molar-refractivity contribution in [3.05, 3.63) is 29.8 Å². The molecule has 5 heteroatoms. The fourth-order valence-corrected chi connectivity index (χ4v) is 1.79. The summed E-state index contributed by atoms with van der Waals surface area (Å²) in [4.78, 5) is 4.41. The summed E-state index contributed by atoms with van der Waals surface area (Å²) in [6.45, 7) is 5.25. The number of nitrogens with one attached hydrogen (secondary N) is 2. The van der Waals surface area contributed by atoms with Crippen LogP contribution in [0, 0.1) is 12.3 Å². The Morgan fingerprint density at radius 3 is 2.68 bits per heavy atom. The largest absolute Gasteiger partial charge is 0.481 e. The van der Waals surface area contributed by atoms with E-state index < -0.39 is 0 Å². The molecule has 1 rings (SSSR count). The van der Waals surface area contributed by atoms with Gasteiger partial charge in [-0.2, -0.15) is 0 Å². The van der Waals surface area contributed by atoms with Crippen LogP contribution in [0.4, 0.5) is 0 Å². The van der Waals surface area contributed by atoms with Gasteiger partial charge in [0, 0.05) is 20.2 Å². The first-order chi connectivity index (χ1) is 10.8. The quantitative estimate of drug-likeness (QED) is 0.314. The average molecular weight is 303 g/mol. The molecule has 0 aliphatic rings. The highest BCUT2D eigenvalue weighted by atomic mass is 16.5. The minimum absolute atomic E-state index is 0.297. The number of benzene rings is 1. The van der Waals surface area contributed by atoms with Gasteiger partial charge in [-0.1, -0.05) is 18.1 Å². The molecule has 0 fully saturated rings. The molecule has 0 atom stereocenters. The molecule has 0 amide bonds. The minimum atomic E-state index is 0.297. The molecule has 120 valence electrons. The van der Waals surface area contributed by atoms with Gasteiger partial charge in [0.2, 0.25) is 0 Å². The van der Waals surface area contributed by atoms with Gasteiger partial charge in [0.05, 0.1) is 13.2 Å². The van der Waals surface area contributed by atoms with Crippen LogP contribution >= 0.6 is 0 Å². The van der Waals surface area contributed by atoms with Crippen molar-refractivity contribution in [2.45, 2.75) is 13.3 Å². The highest BCUT2D eigenvalue weighted by molar-refractivity contribution is 5.79. The molecule has 22 heavy (non-hydrogen) atoms. The van der Waals surface area contributed by atoms with Crippen molar-refractivity contribution >= 4 is 5.96 Å². The second-order valence-electron chi connectivity index (χ2n) is 4.57. The van der Waals surface area contributed by atoms with E-state index in [2.05, 4.69) is 21.5 Å². The Kier molecular flexibility index (Phi) is 9.31. The topological polar surface area (TPSA) is 54.9 Å². The van der Waals surface area contributed by atoms with Crippen LogP contribution in [0.1, 0.15) is 12.5 Å². The first kappa shape index (κ1) is 17.9. The number of nitrogens with zero attached hydrogens (tertiary/aromatic N) is 1. The third-order valence-corrected chi connectivity index (χ3v) is 2.86. The number of ether oxygens (including phenoxy) is 2. The lowest BCUT2D eigenvalue weighted by Gasteiger charge is -2.11. The van der Waals surface area contributed by atoms with Gasteiger partial charge in [-0.25, -0.2) is 0 Å². The van der Waals surface area contributed by atoms with Crippen molar-refractivity contribution in [3.8, 4) is 18.1 Å². The second-order valence-corrected chi connectivity index (χ2v) is 4.57. The van der Waals surface area contributed by atoms with Crippen molar-refractivity contribution < 1.29 is 9.47 Å². The van der Waals surface area contributed by atoms with E-state index in [1.54, 1.807) is 7.11 Å². The van der Waals surface area contributed by atoms with Crippen molar-refractivity contribution in [2.24, 2.45) is 4.99 Å². The monoisotopic (exact) mass is 303 g/mol. The van der Waals surface area contributed by atoms with E-state index in [4.69, 9.17) is 15.9 Å². The zero-order chi connectivity index (χ0) is 16.0. The molecule has 1 aromatic rings. The van der Waals surface area contributed by atoms with E-state index in [1.165, 1.54) is 5.56 Å². The molecule has 0 aliphatic carbocycles. The molecule has 0 spiro atoms. The van der Waals surface area contributed by atoms with E-state index >= 15 is 0 Å². The van der Waals surface area contributed by atoms with Gasteiger partial charge >= 0.3 is 0 Å². The van der Waals surface area contributed by atoms with Crippen LogP contribution in [0.25, 0.3) is 0 Å². The molecule has 0 unspecified atom stereocenters. The molecular weight excluding hydrogens is 278 g/mol. The molecule has 2 N–H and O–H groups in total. The van der Waals surface area contributed by atoms with Crippen LogP contribution in [-0.2, 0) is 11.2 Å². The molecule has 1 aromatic carbocycles. The van der Waals surface area contributed by atoms with E-state index in [-0.39, 0.29) is 0 Å². The van der Waals surface area contributed by atoms with Crippen LogP contribution in [-0.4, -0.2) is 45.9 Å². The molecule has 0 saturated carbocycles. The van der Waals surface area contributed by atoms with Gasteiger partial charge in [0.1, 0.15) is 12.4 Å². The van der Waals surface area contributed by atoms with Crippen molar-refractivity contribution in [1.29, 1.82) is 0 Å². The van der Waals surface area contributed by atoms with Crippen LogP contribution in [0.2, 0.25) is 0 Å². The van der Waals surface area contributed by atoms with E-state index in [1.807, 2.05) is 31.2 Å². The third kappa shape index (κ3) is 7.55. The predicted molar refractivity (Wildman–Crippen MR) is 90.3 cm³/mol. The van der Waals surface area contributed by atoms with Crippen molar-refractivity contribution in [3.63, 3.8) is 0 Å². The number of aliphatic imine (C=N–C) groups is 1. The summed E-state index contributed by atoms with van der Waals surface area (Å²) in [5.74, 6) is 4.06. The van der Waals surface area contributed by atoms with Gasteiger partial charge in [-0.3, -0.25) is 4.99 Å². The molecule has 0 bridgehead atoms. The van der Waals surface area contributed by atoms with Gasteiger partial charge < -0.3 is 20.1 Å². The zero-order valence-electron chi connectivity index (χ0n) is 13.4. The Morgan fingerprint density at radius 1 is 1.27 bits per heavy atom. The van der Waals surface area contributed by atoms with Crippen molar-refractivity contribution in [2.75, 3.05) is 40.0 Å². The summed E-state index contributed by atoms with van der Waals surface area (Å²) >= 11 is 0. The molecule has 0 saturated heterocycles. The average Bonchev–Trinajstić information content (AvgIpc) is 2.54. The summed E-state index contributed by atoms with van der Waals surface area (Å²) in [5, 5.41) is 6.51. The number of hydrogen-bond acceptors (Lipinski definition) is 3. The lowest BCUT2D eigenvalue weighted by molar-refractivity contribution is 0.208. The summed E-state index contributed by atoms with van der Waals surface area (Å²) in [6.07, 6.45) is 6.07. The van der Waals surface area contributed by atoms with E-state index in [0.29, 0.717) is 19.8 Å². The SMILES string of the molecule is C#CCOc1ccc(CCNC(=NCCOC)NCC)cc1. The standard InChI is InChI=1S/C17H25N3O2/c1-4-13-22-16-8-6-15(7-9-16)10-11-19-17(18-5-2)20-12-14-21-3/h1,6-9H,5,10-14H2,2-3H3,(H2,18,19,20). The van der Waals surface area contributed by atoms with Gasteiger partial charge in [-0.15, -0.1) is 6.42 Å². The molecule has 0 heterocycles. The number of hydrogen-bond donors (Lipinski definition) is 2. The Balaban J connectivity index is 2.37. The van der Waals surface area contributed by atoms with Crippen LogP contribution in [0.5, 0.6) is 5.75 Å². The Bertz CT molecular complexity index is 478. The normalized spacial score (nSPS) is 10.9. The highest BCUT2D eigenvalue weighted by Gasteiger charge is 1.98. The van der Waals surface area contributed by atoms with Crippen LogP contribution < -0.4 is 15.4 Å². The maximum Gasteiger partial charge on any atom is 0.191 e. The predicted octanol–water partition coefficient (Wildman–Crippen LogP) is 1.44. The Labute approximate surface area is 133 Å². The molecule has 0 aromatic heterocycles. The Hall–Kier alpha value is -2.19. The van der Waals surface area contributed by atoms with Crippen LogP contribution in [0.15, 0.2) is 29.3 Å². The first-order valence-corrected chi connectivity index (χ1v) is 7.46.